The van der Waals surface area contributed by atoms with E-state index in [0.717, 1.165) is 23.8 Å². The van der Waals surface area contributed by atoms with Crippen molar-refractivity contribution in [2.24, 2.45) is 0 Å². The molecule has 2 saturated heterocycles. The normalized spacial score (nSPS) is 19.5. The number of benzene rings is 2. The molecule has 0 bridgehead atoms. The highest BCUT2D eigenvalue weighted by Gasteiger charge is 2.47. The van der Waals surface area contributed by atoms with Crippen LogP contribution in [0.25, 0.3) is 0 Å². The van der Waals surface area contributed by atoms with Gasteiger partial charge in [0.1, 0.15) is 12.1 Å². The molecule has 238 valence electrons. The standard InChI is InChI=1S/C29H27Cl4N5O6S/c30-17-9-18(31)11-21(10-17)45(43,44)38-15-20(37-6-1-7-37)12-25(38)27(39)36-24(29(41)42)8-16-2-4-19(5-3-16)35-28(40)26-22(32)13-34-14-23(26)33/h2-5,9-11,13-14,20,24-25H,1,6-8,12,15H2,(H,35,40)(H,36,39)(H,41,42)/t20-,24-,25-/m0/s1. The van der Waals surface area contributed by atoms with E-state index >= 15 is 0 Å². The maximum absolute atomic E-state index is 13.7. The van der Waals surface area contributed by atoms with Gasteiger partial charge in [-0.3, -0.25) is 19.5 Å². The van der Waals surface area contributed by atoms with E-state index in [-0.39, 0.29) is 56.0 Å². The Morgan fingerprint density at radius 3 is 2.16 bits per heavy atom. The van der Waals surface area contributed by atoms with Crippen LogP contribution in [0, 0.1) is 0 Å². The molecule has 2 aliphatic heterocycles. The first kappa shape index (κ1) is 33.4. The molecule has 45 heavy (non-hydrogen) atoms. The minimum atomic E-state index is -4.21. The second-order valence-corrected chi connectivity index (χ2v) is 14.3. The lowest BCUT2D eigenvalue weighted by Gasteiger charge is -2.36. The summed E-state index contributed by atoms with van der Waals surface area (Å²) in [6.07, 6.45) is 3.66. The Balaban J connectivity index is 1.30. The quantitative estimate of drug-likeness (QED) is 0.276. The van der Waals surface area contributed by atoms with Gasteiger partial charge in [-0.25, -0.2) is 13.2 Å². The first-order valence-corrected chi connectivity index (χ1v) is 16.7. The maximum atomic E-state index is 13.7. The van der Waals surface area contributed by atoms with Crippen LogP contribution in [0.1, 0.15) is 28.8 Å². The van der Waals surface area contributed by atoms with Crippen molar-refractivity contribution in [3.63, 3.8) is 0 Å². The maximum Gasteiger partial charge on any atom is 0.326 e. The number of carbonyl (C=O) groups excluding carboxylic acids is 2. The van der Waals surface area contributed by atoms with Gasteiger partial charge in [0.15, 0.2) is 0 Å². The van der Waals surface area contributed by atoms with Gasteiger partial charge in [-0.15, -0.1) is 0 Å². The van der Waals surface area contributed by atoms with Crippen LogP contribution in [0.2, 0.25) is 20.1 Å². The first-order chi connectivity index (χ1) is 21.3. The van der Waals surface area contributed by atoms with E-state index in [9.17, 15) is 27.9 Å². The number of nitrogens with one attached hydrogen (secondary N) is 2. The number of hydrogen-bond acceptors (Lipinski definition) is 7. The number of amides is 2. The number of halogens is 4. The van der Waals surface area contributed by atoms with E-state index in [0.29, 0.717) is 11.3 Å². The Morgan fingerprint density at radius 2 is 1.60 bits per heavy atom. The number of carboxylic acid groups (broad SMARTS) is 1. The molecule has 5 rings (SSSR count). The van der Waals surface area contributed by atoms with E-state index in [1.807, 2.05) is 0 Å². The fourth-order valence-electron chi connectivity index (χ4n) is 5.32. The Labute approximate surface area is 279 Å². The number of sulfonamides is 1. The second-order valence-electron chi connectivity index (χ2n) is 10.7. The van der Waals surface area contributed by atoms with Gasteiger partial charge in [-0.05, 0) is 61.8 Å². The van der Waals surface area contributed by atoms with Gasteiger partial charge in [-0.2, -0.15) is 4.31 Å². The van der Waals surface area contributed by atoms with Crippen LogP contribution in [0.5, 0.6) is 0 Å². The van der Waals surface area contributed by atoms with Crippen LogP contribution >= 0.6 is 46.4 Å². The van der Waals surface area contributed by atoms with Gasteiger partial charge in [0.25, 0.3) is 5.91 Å². The molecule has 0 radical (unpaired) electrons. The molecule has 2 fully saturated rings. The molecule has 16 heteroatoms. The third-order valence-corrected chi connectivity index (χ3v) is 10.6. The Hall–Kier alpha value is -2.97. The van der Waals surface area contributed by atoms with Crippen molar-refractivity contribution in [1.29, 1.82) is 0 Å². The minimum Gasteiger partial charge on any atom is -0.480 e. The zero-order valence-corrected chi connectivity index (χ0v) is 27.3. The molecule has 0 spiro atoms. The van der Waals surface area contributed by atoms with E-state index in [1.54, 1.807) is 24.3 Å². The second kappa shape index (κ2) is 13.8. The summed E-state index contributed by atoms with van der Waals surface area (Å²) in [6, 6.07) is 7.55. The van der Waals surface area contributed by atoms with Crippen LogP contribution < -0.4 is 10.6 Å². The Bertz CT molecular complexity index is 1700. The highest BCUT2D eigenvalue weighted by molar-refractivity contribution is 7.89. The molecular formula is C29H27Cl4N5O6S. The van der Waals surface area contributed by atoms with Crippen molar-refractivity contribution in [1.82, 2.24) is 19.5 Å². The van der Waals surface area contributed by atoms with Gasteiger partial charge >= 0.3 is 5.97 Å². The number of hydrogen-bond donors (Lipinski definition) is 3. The third-order valence-electron chi connectivity index (χ3n) is 7.73. The zero-order chi connectivity index (χ0) is 32.5. The van der Waals surface area contributed by atoms with Crippen LogP contribution in [-0.4, -0.2) is 83.3 Å². The first-order valence-electron chi connectivity index (χ1n) is 13.8. The van der Waals surface area contributed by atoms with Crippen molar-refractivity contribution in [2.75, 3.05) is 25.0 Å². The third kappa shape index (κ3) is 7.54. The summed E-state index contributed by atoms with van der Waals surface area (Å²) in [5, 5.41) is 15.6. The molecular weight excluding hydrogens is 688 g/mol. The number of aliphatic carboxylic acids is 1. The molecule has 3 heterocycles. The molecule has 2 aliphatic rings. The number of carbonyl (C=O) groups is 3. The number of carboxylic acids is 1. The summed E-state index contributed by atoms with van der Waals surface area (Å²) < 4.78 is 28.5. The molecule has 3 aromatic rings. The zero-order valence-electron chi connectivity index (χ0n) is 23.4. The summed E-state index contributed by atoms with van der Waals surface area (Å²) in [6.45, 7) is 1.63. The monoisotopic (exact) mass is 713 g/mol. The highest BCUT2D eigenvalue weighted by atomic mass is 35.5. The molecule has 1 aromatic heterocycles. The molecule has 0 saturated carbocycles. The number of likely N-dealkylation sites (tertiary alicyclic amines) is 1. The van der Waals surface area contributed by atoms with Crippen molar-refractivity contribution in [3.8, 4) is 0 Å². The van der Waals surface area contributed by atoms with E-state index in [4.69, 9.17) is 46.4 Å². The van der Waals surface area contributed by atoms with Gasteiger partial charge in [-0.1, -0.05) is 58.5 Å². The predicted octanol–water partition coefficient (Wildman–Crippen LogP) is 4.60. The van der Waals surface area contributed by atoms with E-state index in [2.05, 4.69) is 20.5 Å². The fraction of sp³-hybridized carbons (Fsp3) is 0.310. The van der Waals surface area contributed by atoms with Crippen molar-refractivity contribution in [3.05, 3.63) is 86.1 Å². The molecule has 0 aliphatic carbocycles. The number of aromatic nitrogens is 1. The summed E-state index contributed by atoms with van der Waals surface area (Å²) in [7, 11) is -4.21. The Kier molecular flexibility index (Phi) is 10.2. The van der Waals surface area contributed by atoms with Crippen LogP contribution in [-0.2, 0) is 26.0 Å². The fourth-order valence-corrected chi connectivity index (χ4v) is 8.22. The smallest absolute Gasteiger partial charge is 0.326 e. The number of rotatable bonds is 10. The topological polar surface area (TPSA) is 149 Å². The number of anilines is 1. The lowest BCUT2D eigenvalue weighted by molar-refractivity contribution is -0.142. The summed E-state index contributed by atoms with van der Waals surface area (Å²) in [4.78, 5) is 44.2. The van der Waals surface area contributed by atoms with Crippen molar-refractivity contribution in [2.45, 2.75) is 42.3 Å². The van der Waals surface area contributed by atoms with Gasteiger partial charge in [0, 0.05) is 47.1 Å². The molecule has 2 aromatic carbocycles. The van der Waals surface area contributed by atoms with Gasteiger partial charge in [0.2, 0.25) is 15.9 Å². The largest absolute Gasteiger partial charge is 0.480 e. The Morgan fingerprint density at radius 1 is 0.978 bits per heavy atom. The molecule has 3 N–H and O–H groups in total. The lowest BCUT2D eigenvalue weighted by Crippen LogP contribution is -2.51. The van der Waals surface area contributed by atoms with Crippen LogP contribution in [0.4, 0.5) is 5.69 Å². The van der Waals surface area contributed by atoms with Crippen LogP contribution in [0.15, 0.2) is 59.8 Å². The minimum absolute atomic E-state index is 0.0591. The molecule has 11 nitrogen and oxygen atoms in total. The van der Waals surface area contributed by atoms with Crippen molar-refractivity contribution < 1.29 is 27.9 Å². The van der Waals surface area contributed by atoms with Gasteiger partial charge in [0.05, 0.1) is 20.5 Å². The summed E-state index contributed by atoms with van der Waals surface area (Å²) >= 11 is 24.3. The average Bonchev–Trinajstić information content (AvgIpc) is 3.38. The van der Waals surface area contributed by atoms with E-state index < -0.39 is 39.9 Å². The molecule has 0 unspecified atom stereocenters. The predicted molar refractivity (Wildman–Crippen MR) is 171 cm³/mol. The lowest BCUT2D eigenvalue weighted by atomic mass is 10.0. The van der Waals surface area contributed by atoms with Crippen molar-refractivity contribution >= 4 is 79.9 Å². The highest BCUT2D eigenvalue weighted by Crippen LogP contribution is 2.33. The molecule has 2 amide bonds. The van der Waals surface area contributed by atoms with Crippen LogP contribution in [0.3, 0.4) is 0 Å². The van der Waals surface area contributed by atoms with Gasteiger partial charge < -0.3 is 15.7 Å². The summed E-state index contributed by atoms with van der Waals surface area (Å²) in [5.74, 6) is -2.57. The molecule has 3 atom stereocenters. The number of nitrogens with zero attached hydrogens (tertiary/aromatic N) is 3. The average molecular weight is 715 g/mol. The van der Waals surface area contributed by atoms with E-state index in [1.165, 1.54) is 30.6 Å². The summed E-state index contributed by atoms with van der Waals surface area (Å²) in [5.41, 5.74) is 1.00. The SMILES string of the molecule is O=C(Nc1ccc(C[C@H](NC(=O)[C@@H]2C[C@H](N3CCC3)CN2S(=O)(=O)c2cc(Cl)cc(Cl)c2)C(=O)O)cc1)c1c(Cl)cncc1Cl. The number of pyridine rings is 1.